The lowest BCUT2D eigenvalue weighted by atomic mass is 9.68. The zero-order chi connectivity index (χ0) is 83.5. The number of unbranched alkanes of at least 4 members (excludes halogenated alkanes) is 1. The Kier molecular flexibility index (Phi) is 40.0. The van der Waals surface area contributed by atoms with Crippen molar-refractivity contribution in [2.24, 2.45) is 23.2 Å². The Morgan fingerprint density at radius 1 is 0.562 bits per heavy atom. The number of Topliss-reactive ketones (excluding diaryl/α,β-unsaturated/α-hetero) is 2. The van der Waals surface area contributed by atoms with Crippen molar-refractivity contribution >= 4 is 106 Å². The zero-order valence-corrected chi connectivity index (χ0v) is 66.2. The topological polar surface area (TPSA) is 491 Å². The number of ketones is 2. The molecule has 34 heteroatoms. The SMILES string of the molecule is C=CCOC(=O)CC[C@H](NC(=O)C(CCCCNC(CC(C)C)C1C(=O)CC(C)(C)CC1=O)NC(=O)OCC1c2ccccc2-c2ccccc21)C(=O)N[C@@H](C)C(=O)N[C@@H](CCC(=O)OCC=C)C(=O)N[C@@H](CC(=O)O)C(=O)N[C@H](C(=O)N[C@H](C(=O)N[C@H](C(=O)NCC(=O)SCCC(=O)OCC)C(C)O)C(C)O)C(C)CC. The third-order valence-electron chi connectivity index (χ3n) is 18.6. The first-order chi connectivity index (χ1) is 52.9. The summed E-state index contributed by atoms with van der Waals surface area (Å²) in [7, 11) is 0. The molecule has 2 aliphatic rings. The van der Waals surface area contributed by atoms with Gasteiger partial charge in [-0.3, -0.25) is 71.9 Å². The number of thioether (sulfide) groups is 1. The van der Waals surface area contributed by atoms with Crippen LogP contribution in [0.5, 0.6) is 0 Å². The van der Waals surface area contributed by atoms with E-state index in [0.29, 0.717) is 31.1 Å². The van der Waals surface area contributed by atoms with E-state index in [1.165, 1.54) is 26.0 Å². The summed E-state index contributed by atoms with van der Waals surface area (Å²) in [5, 5.41) is 55.7. The first kappa shape index (κ1) is 94.4. The van der Waals surface area contributed by atoms with Crippen molar-refractivity contribution in [2.75, 3.05) is 45.3 Å². The minimum Gasteiger partial charge on any atom is -0.481 e. The number of fused-ring (bicyclic) bond motifs is 3. The van der Waals surface area contributed by atoms with Gasteiger partial charge < -0.3 is 87.4 Å². The van der Waals surface area contributed by atoms with E-state index in [1.54, 1.807) is 13.8 Å². The average molecular weight is 1590 g/mol. The van der Waals surface area contributed by atoms with Gasteiger partial charge in [-0.15, -0.1) is 0 Å². The van der Waals surface area contributed by atoms with E-state index >= 15 is 0 Å². The molecule has 12 atom stereocenters. The van der Waals surface area contributed by atoms with E-state index in [1.807, 2.05) is 76.2 Å². The number of aliphatic hydroxyl groups is 2. The van der Waals surface area contributed by atoms with E-state index < -0.39 is 205 Å². The molecule has 13 N–H and O–H groups in total. The molecule has 2 aliphatic carbocycles. The van der Waals surface area contributed by atoms with Gasteiger partial charge in [0, 0.05) is 43.4 Å². The van der Waals surface area contributed by atoms with E-state index in [-0.39, 0.29) is 94.1 Å². The first-order valence-corrected chi connectivity index (χ1v) is 38.7. The van der Waals surface area contributed by atoms with Crippen LogP contribution in [0.25, 0.3) is 11.1 Å². The normalized spacial score (nSPS) is 16.3. The van der Waals surface area contributed by atoms with Crippen LogP contribution in [0.3, 0.4) is 0 Å². The number of benzene rings is 2. The van der Waals surface area contributed by atoms with Crippen LogP contribution < -0.4 is 53.2 Å². The number of carbonyl (C=O) groups excluding carboxylic acids is 15. The Labute approximate surface area is 656 Å². The van der Waals surface area contributed by atoms with Gasteiger partial charge in [-0.05, 0) is 112 Å². The van der Waals surface area contributed by atoms with E-state index in [9.17, 15) is 92.0 Å². The summed E-state index contributed by atoms with van der Waals surface area (Å²) >= 11 is 0.714. The lowest BCUT2D eigenvalue weighted by Gasteiger charge is -2.36. The lowest BCUT2D eigenvalue weighted by molar-refractivity contribution is -0.144. The molecule has 1 saturated carbocycles. The summed E-state index contributed by atoms with van der Waals surface area (Å²) in [4.78, 5) is 217. The molecular weight excluding hydrogens is 1480 g/mol. The number of ether oxygens (including phenoxy) is 4. The quantitative estimate of drug-likeness (QED) is 0.0149. The second-order valence-electron chi connectivity index (χ2n) is 29.0. The van der Waals surface area contributed by atoms with Crippen molar-refractivity contribution in [1.29, 1.82) is 0 Å². The van der Waals surface area contributed by atoms with Gasteiger partial charge in [-0.25, -0.2) is 4.79 Å². The number of hydrogen-bond acceptors (Lipinski definition) is 24. The van der Waals surface area contributed by atoms with Crippen molar-refractivity contribution in [2.45, 2.75) is 225 Å². The first-order valence-electron chi connectivity index (χ1n) is 37.7. The van der Waals surface area contributed by atoms with Crippen LogP contribution in [0.4, 0.5) is 4.79 Å². The van der Waals surface area contributed by atoms with Crippen LogP contribution in [-0.4, -0.2) is 221 Å². The molecule has 0 heterocycles. The number of carboxylic acid groups (broad SMARTS) is 1. The van der Waals surface area contributed by atoms with Gasteiger partial charge in [-0.1, -0.05) is 134 Å². The monoisotopic (exact) mass is 1590 g/mol. The van der Waals surface area contributed by atoms with Crippen LogP contribution in [-0.2, 0) is 90.9 Å². The summed E-state index contributed by atoms with van der Waals surface area (Å²) in [6.07, 6.45) is -3.55. The van der Waals surface area contributed by atoms with Crippen LogP contribution >= 0.6 is 11.8 Å². The van der Waals surface area contributed by atoms with E-state index in [4.69, 9.17) is 18.9 Å². The molecule has 5 unspecified atom stereocenters. The Morgan fingerprint density at radius 2 is 1.04 bits per heavy atom. The summed E-state index contributed by atoms with van der Waals surface area (Å²) in [6, 6.07) is 0.815. The third-order valence-corrected chi connectivity index (χ3v) is 19.5. The van der Waals surface area contributed by atoms with Crippen molar-refractivity contribution in [3.63, 3.8) is 0 Å². The van der Waals surface area contributed by atoms with Gasteiger partial charge in [0.25, 0.3) is 0 Å². The van der Waals surface area contributed by atoms with Gasteiger partial charge >= 0.3 is 30.0 Å². The minimum absolute atomic E-state index is 0.0329. The van der Waals surface area contributed by atoms with Gasteiger partial charge in [0.05, 0.1) is 44.1 Å². The third kappa shape index (κ3) is 31.3. The van der Waals surface area contributed by atoms with Crippen LogP contribution in [0.15, 0.2) is 73.8 Å². The highest BCUT2D eigenvalue weighted by atomic mass is 32.2. The molecule has 4 rings (SSSR count). The number of carbonyl (C=O) groups is 16. The predicted octanol–water partition coefficient (Wildman–Crippen LogP) is 2.69. The van der Waals surface area contributed by atoms with Crippen LogP contribution in [0, 0.1) is 23.2 Å². The average Bonchev–Trinajstić information content (AvgIpc) is 1.69. The molecule has 0 bridgehead atoms. The Hall–Kier alpha value is -9.93. The van der Waals surface area contributed by atoms with Crippen LogP contribution in [0.1, 0.15) is 170 Å². The number of carboxylic acids is 1. The van der Waals surface area contributed by atoms with Crippen molar-refractivity contribution in [1.82, 2.24) is 53.2 Å². The number of aliphatic hydroxyl groups excluding tert-OH is 2. The van der Waals surface area contributed by atoms with Crippen molar-refractivity contribution < 1.29 is 111 Å². The zero-order valence-electron chi connectivity index (χ0n) is 65.4. The number of nitrogens with one attached hydrogen (secondary N) is 10. The standard InChI is InChI=1S/C78H112N10O23S/c1-13-34-109-61(95)30-28-54(83-71(101)53(27-21-22-33-79-56(37-43(5)6)65-58(91)39-78(11,12)40-59(65)92)85-77(107)111-42-52-50-25-19-17-23-48(50)49-24-18-20-26-51(49)52)70(100)81-45(8)69(99)82-55(29-31-62(96)110-35-14-2)72(102)84-57(38-60(93)94)73(103)86-66(44(7)15-3)75(105)88-68(47(10)90)76(106)87-67(46(9)89)74(104)80-41-64(98)112-36-32-63(97)108-16-4/h13-14,17-20,23-26,43-47,52-57,65-68,79,89-90H,1-2,15-16,21-22,27-42H2,3-12H3,(H,80,104)(H,81,100)(H,82,99)(H,83,101)(H,84,102)(H,85,107)(H,86,103)(H,87,106)(H,88,105)(H,93,94)/t44?,45-,46?,47?,53?,54-,55-,56?,57-,66-,67-,68-/m0/s1. The Balaban J connectivity index is 1.58. The lowest BCUT2D eigenvalue weighted by Crippen LogP contribution is -2.63. The highest BCUT2D eigenvalue weighted by Crippen LogP contribution is 2.44. The molecule has 9 amide bonds. The second kappa shape index (κ2) is 47.4. The Bertz CT molecular complexity index is 3600. The molecule has 0 saturated heterocycles. The molecule has 33 nitrogen and oxygen atoms in total. The van der Waals surface area contributed by atoms with Crippen molar-refractivity contribution in [3.05, 3.63) is 85.0 Å². The Morgan fingerprint density at radius 3 is 1.54 bits per heavy atom. The number of rotatable bonds is 49. The summed E-state index contributed by atoms with van der Waals surface area (Å²) in [5.74, 6) is -15.3. The molecule has 2 aromatic rings. The fourth-order valence-corrected chi connectivity index (χ4v) is 13.4. The smallest absolute Gasteiger partial charge is 0.407 e. The molecular formula is C78H112N10O23S. The maximum absolute atomic E-state index is 14.7. The molecule has 1 fully saturated rings. The molecule has 2 aromatic carbocycles. The molecule has 0 radical (unpaired) electrons. The summed E-state index contributed by atoms with van der Waals surface area (Å²) in [6.45, 7) is 22.0. The van der Waals surface area contributed by atoms with Gasteiger partial charge in [0.2, 0.25) is 52.4 Å². The van der Waals surface area contributed by atoms with Gasteiger partial charge in [-0.2, -0.15) is 0 Å². The van der Waals surface area contributed by atoms with Gasteiger partial charge in [0.15, 0.2) is 0 Å². The summed E-state index contributed by atoms with van der Waals surface area (Å²) in [5.41, 5.74) is 3.27. The number of alkyl carbamates (subject to hydrolysis) is 1. The van der Waals surface area contributed by atoms with E-state index in [2.05, 4.69) is 66.3 Å². The van der Waals surface area contributed by atoms with Crippen LogP contribution in [0.2, 0.25) is 0 Å². The molecule has 112 heavy (non-hydrogen) atoms. The number of aliphatic carboxylic acids is 1. The largest absolute Gasteiger partial charge is 0.481 e. The predicted molar refractivity (Wildman–Crippen MR) is 410 cm³/mol. The maximum Gasteiger partial charge on any atom is 0.407 e. The number of hydrogen-bond donors (Lipinski definition) is 13. The number of esters is 3. The maximum atomic E-state index is 14.7. The molecule has 0 aromatic heterocycles. The van der Waals surface area contributed by atoms with E-state index in [0.717, 1.165) is 36.1 Å². The fourth-order valence-electron chi connectivity index (χ4n) is 12.7. The second-order valence-corrected chi connectivity index (χ2v) is 30.1. The fraction of sp³-hybridized carbons (Fsp3) is 0.590. The molecule has 0 spiro atoms. The molecule has 618 valence electrons. The number of amides is 9. The highest BCUT2D eigenvalue weighted by molar-refractivity contribution is 8.13. The minimum atomic E-state index is -2.07. The highest BCUT2D eigenvalue weighted by Gasteiger charge is 2.44. The van der Waals surface area contributed by atoms with Gasteiger partial charge in [0.1, 0.15) is 79.7 Å². The summed E-state index contributed by atoms with van der Waals surface area (Å²) < 4.78 is 20.9. The molecule has 0 aliphatic heterocycles. The van der Waals surface area contributed by atoms with Crippen molar-refractivity contribution in [3.8, 4) is 11.1 Å².